The highest BCUT2D eigenvalue weighted by Gasteiger charge is 2.26. The fourth-order valence-electron chi connectivity index (χ4n) is 2.01. The Hall–Kier alpha value is -1.52. The van der Waals surface area contributed by atoms with Gasteiger partial charge in [-0.1, -0.05) is 0 Å². The van der Waals surface area contributed by atoms with Crippen molar-refractivity contribution in [3.05, 3.63) is 11.9 Å². The third-order valence-corrected chi connectivity index (χ3v) is 2.95. The number of hydrogen-bond acceptors (Lipinski definition) is 3. The van der Waals surface area contributed by atoms with E-state index in [1.165, 1.54) is 12.6 Å². The van der Waals surface area contributed by atoms with E-state index < -0.39 is 0 Å². The number of nitrogens with two attached hydrogens (primary N) is 1. The van der Waals surface area contributed by atoms with Gasteiger partial charge < -0.3 is 10.6 Å². The van der Waals surface area contributed by atoms with Crippen LogP contribution in [0.25, 0.3) is 0 Å². The summed E-state index contributed by atoms with van der Waals surface area (Å²) in [6.45, 7) is 2.89. The molecule has 15 heavy (non-hydrogen) atoms. The Morgan fingerprint density at radius 1 is 1.67 bits per heavy atom. The molecule has 1 fully saturated rings. The fraction of sp³-hybridized carbons (Fsp3) is 0.600. The van der Waals surface area contributed by atoms with Gasteiger partial charge in [-0.15, -0.1) is 0 Å². The minimum absolute atomic E-state index is 0.0304. The van der Waals surface area contributed by atoms with Crippen molar-refractivity contribution >= 4 is 11.6 Å². The number of nitrogens with one attached hydrogen (secondary N) is 1. The largest absolute Gasteiger partial charge is 0.396 e. The smallest absolute Gasteiger partial charge is 0.274 e. The quantitative estimate of drug-likeness (QED) is 0.723. The van der Waals surface area contributed by atoms with Crippen LogP contribution in [0.15, 0.2) is 6.20 Å². The Bertz CT molecular complexity index is 360. The molecule has 1 unspecified atom stereocenters. The molecule has 0 aromatic carbocycles. The van der Waals surface area contributed by atoms with Gasteiger partial charge in [0, 0.05) is 12.6 Å². The molecule has 1 saturated heterocycles. The Morgan fingerprint density at radius 2 is 2.47 bits per heavy atom. The predicted molar refractivity (Wildman–Crippen MR) is 57.3 cm³/mol. The average molecular weight is 208 g/mol. The summed E-state index contributed by atoms with van der Waals surface area (Å²) in [7, 11) is 0. The molecule has 3 N–H and O–H groups in total. The number of carbonyl (C=O) groups is 1. The van der Waals surface area contributed by atoms with Crippen molar-refractivity contribution in [3.8, 4) is 0 Å². The van der Waals surface area contributed by atoms with E-state index in [2.05, 4.69) is 17.1 Å². The Balaban J connectivity index is 2.17. The minimum atomic E-state index is -0.0304. The van der Waals surface area contributed by atoms with Gasteiger partial charge in [-0.3, -0.25) is 9.89 Å². The van der Waals surface area contributed by atoms with Crippen LogP contribution >= 0.6 is 0 Å². The zero-order valence-corrected chi connectivity index (χ0v) is 8.86. The first-order valence-corrected chi connectivity index (χ1v) is 5.30. The Kier molecular flexibility index (Phi) is 2.62. The number of piperidine rings is 1. The third kappa shape index (κ3) is 1.82. The monoisotopic (exact) mass is 208 g/mol. The van der Waals surface area contributed by atoms with Crippen molar-refractivity contribution in [2.45, 2.75) is 32.2 Å². The lowest BCUT2D eigenvalue weighted by Crippen LogP contribution is -2.42. The van der Waals surface area contributed by atoms with E-state index in [9.17, 15) is 4.79 Å². The van der Waals surface area contributed by atoms with Crippen molar-refractivity contribution in [2.75, 3.05) is 12.3 Å². The number of amides is 1. The number of likely N-dealkylation sites (tertiary alicyclic amines) is 1. The molecule has 1 atom stereocenters. The SMILES string of the molecule is CC1CCCCN1C(=O)c1[nH]ncc1N. The van der Waals surface area contributed by atoms with E-state index in [4.69, 9.17) is 5.73 Å². The van der Waals surface area contributed by atoms with Crippen molar-refractivity contribution in [2.24, 2.45) is 0 Å². The lowest BCUT2D eigenvalue weighted by Gasteiger charge is -2.33. The predicted octanol–water partition coefficient (Wildman–Crippen LogP) is 1.01. The minimum Gasteiger partial charge on any atom is -0.396 e. The molecule has 1 aromatic heterocycles. The molecule has 1 amide bonds. The van der Waals surface area contributed by atoms with Gasteiger partial charge in [-0.05, 0) is 26.2 Å². The first-order valence-electron chi connectivity index (χ1n) is 5.30. The van der Waals surface area contributed by atoms with E-state index >= 15 is 0 Å². The lowest BCUT2D eigenvalue weighted by atomic mass is 10.0. The maximum absolute atomic E-state index is 12.1. The van der Waals surface area contributed by atoms with Gasteiger partial charge in [0.2, 0.25) is 0 Å². The highest BCUT2D eigenvalue weighted by molar-refractivity contribution is 5.97. The van der Waals surface area contributed by atoms with Crippen LogP contribution in [0.4, 0.5) is 5.69 Å². The first kappa shape index (κ1) is 10.0. The summed E-state index contributed by atoms with van der Waals surface area (Å²) in [6, 6.07) is 0.300. The van der Waals surface area contributed by atoms with Crippen molar-refractivity contribution < 1.29 is 4.79 Å². The summed E-state index contributed by atoms with van der Waals surface area (Å²) in [5.41, 5.74) is 6.50. The standard InChI is InChI=1S/C10H16N4O/c1-7-4-2-3-5-14(7)10(15)9-8(11)6-12-13-9/h6-7H,2-5,11H2,1H3,(H,12,13). The highest BCUT2D eigenvalue weighted by atomic mass is 16.2. The number of anilines is 1. The molecule has 5 heteroatoms. The van der Waals surface area contributed by atoms with Gasteiger partial charge >= 0.3 is 0 Å². The topological polar surface area (TPSA) is 75.0 Å². The number of aromatic nitrogens is 2. The normalized spacial score (nSPS) is 21.7. The number of hydrogen-bond donors (Lipinski definition) is 2. The van der Waals surface area contributed by atoms with Crippen LogP contribution in [0.3, 0.4) is 0 Å². The van der Waals surface area contributed by atoms with Gasteiger partial charge in [0.15, 0.2) is 0 Å². The second kappa shape index (κ2) is 3.92. The van der Waals surface area contributed by atoms with E-state index in [0.29, 0.717) is 17.4 Å². The first-order chi connectivity index (χ1) is 7.20. The Labute approximate surface area is 88.6 Å². The van der Waals surface area contributed by atoms with Crippen molar-refractivity contribution in [1.29, 1.82) is 0 Å². The molecular formula is C10H16N4O. The van der Waals surface area contributed by atoms with Crippen LogP contribution in [0, 0.1) is 0 Å². The average Bonchev–Trinajstić information content (AvgIpc) is 2.64. The Morgan fingerprint density at radius 3 is 3.07 bits per heavy atom. The second-order valence-corrected chi connectivity index (χ2v) is 4.04. The zero-order valence-electron chi connectivity index (χ0n) is 8.86. The third-order valence-electron chi connectivity index (χ3n) is 2.95. The van der Waals surface area contributed by atoms with Crippen LogP contribution in [0.1, 0.15) is 36.7 Å². The number of carbonyl (C=O) groups excluding carboxylic acids is 1. The summed E-state index contributed by atoms with van der Waals surface area (Å²) >= 11 is 0. The van der Waals surface area contributed by atoms with Gasteiger partial charge in [0.1, 0.15) is 5.69 Å². The molecule has 82 valence electrons. The maximum Gasteiger partial charge on any atom is 0.274 e. The fourth-order valence-corrected chi connectivity index (χ4v) is 2.01. The van der Waals surface area contributed by atoms with E-state index in [1.54, 1.807) is 0 Å². The van der Waals surface area contributed by atoms with E-state index in [1.807, 2.05) is 4.90 Å². The summed E-state index contributed by atoms with van der Waals surface area (Å²) in [5, 5.41) is 6.42. The van der Waals surface area contributed by atoms with Gasteiger partial charge in [-0.2, -0.15) is 5.10 Å². The number of nitrogen functional groups attached to an aromatic ring is 1. The van der Waals surface area contributed by atoms with Crippen LogP contribution in [0.5, 0.6) is 0 Å². The van der Waals surface area contributed by atoms with Crippen LogP contribution in [-0.4, -0.2) is 33.6 Å². The molecule has 0 aliphatic carbocycles. The molecule has 0 radical (unpaired) electrons. The van der Waals surface area contributed by atoms with Crippen LogP contribution < -0.4 is 5.73 Å². The number of H-pyrrole nitrogens is 1. The second-order valence-electron chi connectivity index (χ2n) is 4.04. The molecule has 5 nitrogen and oxygen atoms in total. The van der Waals surface area contributed by atoms with Crippen LogP contribution in [0.2, 0.25) is 0 Å². The molecule has 2 heterocycles. The summed E-state index contributed by atoms with van der Waals surface area (Å²) < 4.78 is 0. The van der Waals surface area contributed by atoms with E-state index in [0.717, 1.165) is 19.4 Å². The summed E-state index contributed by atoms with van der Waals surface area (Å²) in [6.07, 6.45) is 4.81. The number of aromatic amines is 1. The number of rotatable bonds is 1. The van der Waals surface area contributed by atoms with E-state index in [-0.39, 0.29) is 5.91 Å². The van der Waals surface area contributed by atoms with Gasteiger partial charge in [0.05, 0.1) is 11.9 Å². The molecule has 1 aromatic rings. The molecule has 0 saturated carbocycles. The maximum atomic E-state index is 12.1. The molecule has 0 bridgehead atoms. The summed E-state index contributed by atoms with van der Waals surface area (Å²) in [4.78, 5) is 13.9. The zero-order chi connectivity index (χ0) is 10.8. The van der Waals surface area contributed by atoms with Crippen molar-refractivity contribution in [1.82, 2.24) is 15.1 Å². The van der Waals surface area contributed by atoms with Gasteiger partial charge in [-0.25, -0.2) is 0 Å². The molecule has 1 aliphatic heterocycles. The summed E-state index contributed by atoms with van der Waals surface area (Å²) in [5.74, 6) is -0.0304. The number of nitrogens with zero attached hydrogens (tertiary/aromatic N) is 2. The van der Waals surface area contributed by atoms with Crippen molar-refractivity contribution in [3.63, 3.8) is 0 Å². The molecule has 2 rings (SSSR count). The highest BCUT2D eigenvalue weighted by Crippen LogP contribution is 2.20. The molecule has 0 spiro atoms. The van der Waals surface area contributed by atoms with Gasteiger partial charge in [0.25, 0.3) is 5.91 Å². The van der Waals surface area contributed by atoms with Crippen LogP contribution in [-0.2, 0) is 0 Å². The molecule has 1 aliphatic rings. The lowest BCUT2D eigenvalue weighted by molar-refractivity contribution is 0.0630. The molecular weight excluding hydrogens is 192 g/mol.